The highest BCUT2D eigenvalue weighted by molar-refractivity contribution is 9.10. The summed E-state index contributed by atoms with van der Waals surface area (Å²) in [5.41, 5.74) is 0.888. The van der Waals surface area contributed by atoms with Crippen LogP contribution in [-0.4, -0.2) is 9.55 Å². The normalized spacial score (nSPS) is 10.4. The first-order valence-electron chi connectivity index (χ1n) is 4.70. The summed E-state index contributed by atoms with van der Waals surface area (Å²) in [5.74, 6) is -0.138. The molecule has 1 aromatic heterocycles. The molecule has 0 aliphatic carbocycles. The van der Waals surface area contributed by atoms with Gasteiger partial charge in [0.15, 0.2) is 11.6 Å². The number of hydrogen-bond donors (Lipinski definition) is 0. The molecule has 1 aromatic carbocycles. The molecule has 0 saturated heterocycles. The lowest BCUT2D eigenvalue weighted by Gasteiger charge is -2.07. The van der Waals surface area contributed by atoms with Gasteiger partial charge in [0, 0.05) is 11.5 Å². The van der Waals surface area contributed by atoms with E-state index in [1.807, 2.05) is 11.6 Å². The van der Waals surface area contributed by atoms with Crippen LogP contribution in [0.5, 0.6) is 5.75 Å². The van der Waals surface area contributed by atoms with Crippen molar-refractivity contribution in [2.24, 2.45) is 7.05 Å². The largest absolute Gasteiger partial charge is 0.484 e. The van der Waals surface area contributed by atoms with Crippen molar-refractivity contribution in [3.05, 3.63) is 46.7 Å². The van der Waals surface area contributed by atoms with Gasteiger partial charge in [-0.2, -0.15) is 0 Å². The monoisotopic (exact) mass is 284 g/mol. The fourth-order valence-corrected chi connectivity index (χ4v) is 1.60. The van der Waals surface area contributed by atoms with E-state index in [-0.39, 0.29) is 11.6 Å². The van der Waals surface area contributed by atoms with E-state index in [1.165, 1.54) is 6.07 Å². The lowest BCUT2D eigenvalue weighted by atomic mass is 10.3. The van der Waals surface area contributed by atoms with Gasteiger partial charge in [0.1, 0.15) is 6.61 Å². The Balaban J connectivity index is 2.10. The van der Waals surface area contributed by atoms with Gasteiger partial charge in [-0.1, -0.05) is 15.9 Å². The number of ether oxygens (including phenoxy) is 1. The molecule has 0 N–H and O–H groups in total. The fourth-order valence-electron chi connectivity index (χ4n) is 1.26. The Hall–Kier alpha value is -1.36. The fraction of sp³-hybridized carbons (Fsp3) is 0.182. The van der Waals surface area contributed by atoms with Crippen molar-refractivity contribution < 1.29 is 9.13 Å². The van der Waals surface area contributed by atoms with Gasteiger partial charge in [0.25, 0.3) is 0 Å². The van der Waals surface area contributed by atoms with Crippen molar-refractivity contribution in [1.82, 2.24) is 9.55 Å². The molecule has 0 bridgehead atoms. The molecule has 3 nitrogen and oxygen atoms in total. The molecule has 16 heavy (non-hydrogen) atoms. The van der Waals surface area contributed by atoms with Crippen LogP contribution in [-0.2, 0) is 13.7 Å². The Morgan fingerprint density at radius 3 is 3.00 bits per heavy atom. The van der Waals surface area contributed by atoms with Crippen LogP contribution in [0.1, 0.15) is 5.69 Å². The molecule has 0 atom stereocenters. The van der Waals surface area contributed by atoms with Crippen LogP contribution in [0, 0.1) is 5.82 Å². The summed E-state index contributed by atoms with van der Waals surface area (Å²) < 4.78 is 21.3. The SMILES string of the molecule is Cn1cncc1COc1cc(Br)ccc1F. The molecule has 0 saturated carbocycles. The number of imidazole rings is 1. The van der Waals surface area contributed by atoms with Crippen LogP contribution in [0.25, 0.3) is 0 Å². The van der Waals surface area contributed by atoms with Crippen LogP contribution in [0.3, 0.4) is 0 Å². The molecule has 84 valence electrons. The van der Waals surface area contributed by atoms with Crippen LogP contribution >= 0.6 is 15.9 Å². The Morgan fingerprint density at radius 1 is 1.50 bits per heavy atom. The third-order valence-electron chi connectivity index (χ3n) is 2.19. The van der Waals surface area contributed by atoms with Gasteiger partial charge in [-0.15, -0.1) is 0 Å². The Morgan fingerprint density at radius 2 is 2.31 bits per heavy atom. The number of hydrogen-bond acceptors (Lipinski definition) is 2. The second kappa shape index (κ2) is 4.65. The molecule has 5 heteroatoms. The quantitative estimate of drug-likeness (QED) is 0.867. The van der Waals surface area contributed by atoms with Gasteiger partial charge in [0.05, 0.1) is 18.2 Å². The molecule has 0 aliphatic rings. The molecule has 1 heterocycles. The molecule has 2 aromatic rings. The summed E-state index contributed by atoms with van der Waals surface area (Å²) in [5, 5.41) is 0. The summed E-state index contributed by atoms with van der Waals surface area (Å²) >= 11 is 3.27. The first kappa shape index (κ1) is 11.1. The number of aromatic nitrogens is 2. The highest BCUT2D eigenvalue weighted by Crippen LogP contribution is 2.22. The summed E-state index contributed by atoms with van der Waals surface area (Å²) in [6.45, 7) is 0.296. The van der Waals surface area contributed by atoms with Crippen molar-refractivity contribution in [1.29, 1.82) is 0 Å². The lowest BCUT2D eigenvalue weighted by molar-refractivity contribution is 0.282. The standard InChI is InChI=1S/C11H10BrFN2O/c1-15-7-14-5-9(15)6-16-11-4-8(12)2-3-10(11)13/h2-5,7H,6H2,1H3. The zero-order valence-electron chi connectivity index (χ0n) is 8.65. The molecular weight excluding hydrogens is 275 g/mol. The summed E-state index contributed by atoms with van der Waals surface area (Å²) in [6.07, 6.45) is 3.37. The molecule has 0 spiro atoms. The third kappa shape index (κ3) is 2.41. The van der Waals surface area contributed by atoms with E-state index in [9.17, 15) is 4.39 Å². The van der Waals surface area contributed by atoms with Gasteiger partial charge >= 0.3 is 0 Å². The van der Waals surface area contributed by atoms with E-state index in [0.717, 1.165) is 10.2 Å². The summed E-state index contributed by atoms with van der Waals surface area (Å²) in [7, 11) is 1.86. The zero-order chi connectivity index (χ0) is 11.5. The molecule has 0 radical (unpaired) electrons. The maximum Gasteiger partial charge on any atom is 0.165 e. The molecule has 0 aliphatic heterocycles. The highest BCUT2D eigenvalue weighted by atomic mass is 79.9. The average Bonchev–Trinajstić information content (AvgIpc) is 2.66. The number of aryl methyl sites for hydroxylation is 1. The van der Waals surface area contributed by atoms with Gasteiger partial charge < -0.3 is 9.30 Å². The minimum atomic E-state index is -0.370. The van der Waals surface area contributed by atoms with E-state index >= 15 is 0 Å². The first-order chi connectivity index (χ1) is 7.66. The first-order valence-corrected chi connectivity index (χ1v) is 5.49. The van der Waals surface area contributed by atoms with Gasteiger partial charge in [-0.3, -0.25) is 0 Å². The molecule has 0 unspecified atom stereocenters. The predicted molar refractivity (Wildman–Crippen MR) is 61.6 cm³/mol. The predicted octanol–water partition coefficient (Wildman–Crippen LogP) is 2.90. The molecule has 2 rings (SSSR count). The van der Waals surface area contributed by atoms with E-state index in [1.54, 1.807) is 24.7 Å². The van der Waals surface area contributed by atoms with E-state index in [4.69, 9.17) is 4.74 Å². The number of halogens is 2. The van der Waals surface area contributed by atoms with E-state index < -0.39 is 0 Å². The van der Waals surface area contributed by atoms with Gasteiger partial charge in [-0.25, -0.2) is 9.37 Å². The van der Waals surface area contributed by atoms with Crippen molar-refractivity contribution in [3.63, 3.8) is 0 Å². The second-order valence-electron chi connectivity index (χ2n) is 3.36. The van der Waals surface area contributed by atoms with E-state index in [0.29, 0.717) is 6.61 Å². The Labute approximate surface area is 101 Å². The molecule has 0 fully saturated rings. The highest BCUT2D eigenvalue weighted by Gasteiger charge is 2.05. The number of benzene rings is 1. The number of nitrogens with zero attached hydrogens (tertiary/aromatic N) is 2. The van der Waals surface area contributed by atoms with Gasteiger partial charge in [0.2, 0.25) is 0 Å². The second-order valence-corrected chi connectivity index (χ2v) is 4.27. The van der Waals surface area contributed by atoms with Crippen molar-refractivity contribution >= 4 is 15.9 Å². The average molecular weight is 285 g/mol. The van der Waals surface area contributed by atoms with Crippen molar-refractivity contribution in [3.8, 4) is 5.75 Å². The van der Waals surface area contributed by atoms with E-state index in [2.05, 4.69) is 20.9 Å². The maximum atomic E-state index is 13.3. The Kier molecular flexibility index (Phi) is 3.24. The third-order valence-corrected chi connectivity index (χ3v) is 2.68. The molecular formula is C11H10BrFN2O. The Bertz CT molecular complexity index is 498. The minimum Gasteiger partial charge on any atom is -0.484 e. The minimum absolute atomic E-state index is 0.232. The number of rotatable bonds is 3. The van der Waals surface area contributed by atoms with Crippen LogP contribution < -0.4 is 4.74 Å². The van der Waals surface area contributed by atoms with Crippen molar-refractivity contribution in [2.45, 2.75) is 6.61 Å². The maximum absolute atomic E-state index is 13.3. The topological polar surface area (TPSA) is 27.1 Å². The summed E-state index contributed by atoms with van der Waals surface area (Å²) in [6, 6.07) is 4.60. The van der Waals surface area contributed by atoms with Crippen LogP contribution in [0.2, 0.25) is 0 Å². The van der Waals surface area contributed by atoms with Crippen LogP contribution in [0.15, 0.2) is 35.2 Å². The molecule has 0 amide bonds. The van der Waals surface area contributed by atoms with Crippen LogP contribution in [0.4, 0.5) is 4.39 Å². The lowest BCUT2D eigenvalue weighted by Crippen LogP contribution is -2.02. The van der Waals surface area contributed by atoms with Gasteiger partial charge in [-0.05, 0) is 18.2 Å². The summed E-state index contributed by atoms with van der Waals surface area (Å²) in [4.78, 5) is 3.95. The van der Waals surface area contributed by atoms with Crippen molar-refractivity contribution in [2.75, 3.05) is 0 Å². The smallest absolute Gasteiger partial charge is 0.165 e. The zero-order valence-corrected chi connectivity index (χ0v) is 10.2.